The lowest BCUT2D eigenvalue weighted by atomic mass is 9.73. The molecule has 0 bridgehead atoms. The first kappa shape index (κ1) is 42.1. The molecule has 2 fully saturated rings. The van der Waals surface area contributed by atoms with Gasteiger partial charge in [-0.3, -0.25) is 9.97 Å². The van der Waals surface area contributed by atoms with Crippen LogP contribution in [0.2, 0.25) is 10.0 Å². The van der Waals surface area contributed by atoms with E-state index in [-0.39, 0.29) is 55.6 Å². The van der Waals surface area contributed by atoms with E-state index in [0.29, 0.717) is 35.3 Å². The number of benzene rings is 4. The minimum atomic E-state index is -0.795. The Morgan fingerprint density at radius 1 is 0.516 bits per heavy atom. The van der Waals surface area contributed by atoms with Gasteiger partial charge in [0, 0.05) is 47.1 Å². The fourth-order valence-corrected chi connectivity index (χ4v) is 10.3. The van der Waals surface area contributed by atoms with Crippen molar-refractivity contribution in [3.63, 3.8) is 0 Å². The number of nitrogens with zero attached hydrogens (tertiary/aromatic N) is 4. The molecule has 2 atom stereocenters. The third kappa shape index (κ3) is 8.00. The maximum atomic E-state index is 14.1. The second-order valence-corrected chi connectivity index (χ2v) is 17.7. The average molecular weight is 888 g/mol. The molecule has 0 spiro atoms. The third-order valence-electron chi connectivity index (χ3n) is 13.4. The predicted octanol–water partition coefficient (Wildman–Crippen LogP) is 14.5. The Labute approximate surface area is 363 Å². The monoisotopic (exact) mass is 886 g/mol. The lowest BCUT2D eigenvalue weighted by Crippen LogP contribution is -2.19. The molecule has 0 saturated heterocycles. The molecule has 4 heterocycles. The standard InChI is InChI=1S/2C24H21ClF3N3/c2*1-12(24-30-22-19(28)11-18(27)21(25)23(22)31-24)13-2-4-14(5-3-13)16-8-9-29-20-7-6-15(26)10-17(16)20/h2*6-14H,2-5H2,1H3,(H,30,31)/t2*12-,13?,14?/m10/s1. The van der Waals surface area contributed by atoms with E-state index in [0.717, 1.165) is 96.4 Å². The summed E-state index contributed by atoms with van der Waals surface area (Å²) in [6, 6.07) is 15.0. The average Bonchev–Trinajstić information content (AvgIpc) is 3.95. The number of imidazole rings is 2. The van der Waals surface area contributed by atoms with Crippen molar-refractivity contribution in [2.24, 2.45) is 11.8 Å². The zero-order valence-electron chi connectivity index (χ0n) is 33.9. The van der Waals surface area contributed by atoms with Gasteiger partial charge in [0.15, 0.2) is 11.6 Å². The molecule has 6 nitrogen and oxygen atoms in total. The first-order chi connectivity index (χ1) is 29.8. The van der Waals surface area contributed by atoms with Gasteiger partial charge in [0.25, 0.3) is 0 Å². The van der Waals surface area contributed by atoms with Gasteiger partial charge in [-0.25, -0.2) is 36.3 Å². The van der Waals surface area contributed by atoms with Crippen LogP contribution in [0.5, 0.6) is 0 Å². The van der Waals surface area contributed by atoms with Crippen molar-refractivity contribution in [3.05, 3.63) is 141 Å². The van der Waals surface area contributed by atoms with Crippen LogP contribution in [0.25, 0.3) is 43.9 Å². The Morgan fingerprint density at radius 3 is 1.29 bits per heavy atom. The van der Waals surface area contributed by atoms with Crippen LogP contribution in [0.3, 0.4) is 0 Å². The zero-order chi connectivity index (χ0) is 43.4. The summed E-state index contributed by atoms with van der Waals surface area (Å²) in [4.78, 5) is 23.6. The Bertz CT molecular complexity index is 2760. The van der Waals surface area contributed by atoms with E-state index < -0.39 is 23.3 Å². The number of fused-ring (bicyclic) bond motifs is 4. The van der Waals surface area contributed by atoms with Crippen molar-refractivity contribution in [2.45, 2.75) is 88.9 Å². The number of rotatable bonds is 6. The molecule has 4 aromatic heterocycles. The van der Waals surface area contributed by atoms with E-state index in [9.17, 15) is 26.3 Å². The topological polar surface area (TPSA) is 83.1 Å². The van der Waals surface area contributed by atoms with Crippen LogP contribution in [-0.2, 0) is 0 Å². The number of H-pyrrole nitrogens is 2. The van der Waals surface area contributed by atoms with Gasteiger partial charge >= 0.3 is 0 Å². The highest BCUT2D eigenvalue weighted by Gasteiger charge is 2.32. The molecule has 4 aromatic carbocycles. The van der Waals surface area contributed by atoms with Crippen LogP contribution >= 0.6 is 23.2 Å². The molecule has 0 radical (unpaired) electrons. The number of halogens is 8. The molecule has 2 saturated carbocycles. The van der Waals surface area contributed by atoms with E-state index in [1.165, 1.54) is 12.1 Å². The molecule has 0 amide bonds. The molecule has 2 N–H and O–H groups in total. The number of pyridine rings is 2. The Hall–Kier alpha value is -5.20. The predicted molar refractivity (Wildman–Crippen MR) is 232 cm³/mol. The fraction of sp³-hybridized carbons (Fsp3) is 0.333. The van der Waals surface area contributed by atoms with E-state index in [4.69, 9.17) is 23.2 Å². The van der Waals surface area contributed by atoms with Crippen molar-refractivity contribution in [3.8, 4) is 0 Å². The summed E-state index contributed by atoms with van der Waals surface area (Å²) >= 11 is 12.0. The summed E-state index contributed by atoms with van der Waals surface area (Å²) in [6.07, 6.45) is 11.3. The summed E-state index contributed by atoms with van der Waals surface area (Å²) in [7, 11) is 0. The number of aromatic nitrogens is 6. The maximum absolute atomic E-state index is 14.1. The molecule has 2 aliphatic carbocycles. The van der Waals surface area contributed by atoms with Gasteiger partial charge in [0.2, 0.25) is 0 Å². The quantitative estimate of drug-likeness (QED) is 0.129. The molecule has 0 unspecified atom stereocenters. The van der Waals surface area contributed by atoms with Crippen LogP contribution in [0.4, 0.5) is 26.3 Å². The van der Waals surface area contributed by atoms with Crippen molar-refractivity contribution < 1.29 is 26.3 Å². The second kappa shape index (κ2) is 17.2. The van der Waals surface area contributed by atoms with E-state index in [1.54, 1.807) is 36.7 Å². The highest BCUT2D eigenvalue weighted by Crippen LogP contribution is 2.45. The Kier molecular flexibility index (Phi) is 11.7. The number of aromatic amines is 2. The van der Waals surface area contributed by atoms with Gasteiger partial charge in [0.05, 0.1) is 22.1 Å². The minimum absolute atomic E-state index is 0.0542. The molecule has 0 aliphatic heterocycles. The van der Waals surface area contributed by atoms with Crippen LogP contribution < -0.4 is 0 Å². The largest absolute Gasteiger partial charge is 0.340 e. The molecule has 62 heavy (non-hydrogen) atoms. The smallest absolute Gasteiger partial charge is 0.154 e. The SMILES string of the molecule is C[C@@H](c1nc2c(F)cc(F)c(Cl)c2[nH]1)C1CCC(c2ccnc3ccc(F)cc23)CC1.C[C@H](c1nc2c(F)cc(F)c(Cl)c2[nH]1)C1CCC(c2ccnc3ccc(F)cc23)CC1. The molecule has 10 rings (SSSR count). The lowest BCUT2D eigenvalue weighted by Gasteiger charge is -2.32. The van der Waals surface area contributed by atoms with Crippen molar-refractivity contribution in [1.29, 1.82) is 0 Å². The molecule has 320 valence electrons. The van der Waals surface area contributed by atoms with Gasteiger partial charge in [-0.15, -0.1) is 0 Å². The molecular weight excluding hydrogens is 845 g/mol. The van der Waals surface area contributed by atoms with Gasteiger partial charge in [-0.1, -0.05) is 37.0 Å². The van der Waals surface area contributed by atoms with Crippen molar-refractivity contribution in [1.82, 2.24) is 29.9 Å². The van der Waals surface area contributed by atoms with Gasteiger partial charge in [-0.05, 0) is 135 Å². The molecule has 8 aromatic rings. The summed E-state index contributed by atoms with van der Waals surface area (Å²) in [6.45, 7) is 4.12. The van der Waals surface area contributed by atoms with Crippen LogP contribution in [0.15, 0.2) is 73.1 Å². The second-order valence-electron chi connectivity index (χ2n) is 16.9. The highest BCUT2D eigenvalue weighted by molar-refractivity contribution is 6.35. The number of nitrogens with one attached hydrogen (secondary N) is 2. The third-order valence-corrected chi connectivity index (χ3v) is 14.2. The molecule has 2 aliphatic rings. The molecule has 14 heteroatoms. The summed E-state index contributed by atoms with van der Waals surface area (Å²) in [5, 5.41) is 1.48. The van der Waals surface area contributed by atoms with Crippen molar-refractivity contribution >= 4 is 67.1 Å². The number of hydrogen-bond donors (Lipinski definition) is 2. The zero-order valence-corrected chi connectivity index (χ0v) is 35.4. The first-order valence-electron chi connectivity index (χ1n) is 21.0. The lowest BCUT2D eigenvalue weighted by molar-refractivity contribution is 0.286. The summed E-state index contributed by atoms with van der Waals surface area (Å²) in [5.41, 5.74) is 4.47. The summed E-state index contributed by atoms with van der Waals surface area (Å²) in [5.74, 6) is -0.778. The van der Waals surface area contributed by atoms with Crippen LogP contribution in [-0.4, -0.2) is 29.9 Å². The summed E-state index contributed by atoms with van der Waals surface area (Å²) < 4.78 is 83.4. The van der Waals surface area contributed by atoms with Crippen molar-refractivity contribution in [2.75, 3.05) is 0 Å². The Balaban J connectivity index is 0.000000158. The van der Waals surface area contributed by atoms with Crippen LogP contribution in [0.1, 0.15) is 112 Å². The fourth-order valence-electron chi connectivity index (χ4n) is 9.90. The minimum Gasteiger partial charge on any atom is -0.340 e. The van der Waals surface area contributed by atoms with E-state index >= 15 is 0 Å². The van der Waals surface area contributed by atoms with Gasteiger partial charge in [0.1, 0.15) is 56.0 Å². The maximum Gasteiger partial charge on any atom is 0.154 e. The van der Waals surface area contributed by atoms with E-state index in [2.05, 4.69) is 43.8 Å². The van der Waals surface area contributed by atoms with Gasteiger partial charge < -0.3 is 9.97 Å². The van der Waals surface area contributed by atoms with E-state index in [1.807, 2.05) is 12.1 Å². The van der Waals surface area contributed by atoms with Gasteiger partial charge in [-0.2, -0.15) is 0 Å². The highest BCUT2D eigenvalue weighted by atomic mass is 35.5. The normalized spacial score (nSPS) is 20.4. The van der Waals surface area contributed by atoms with Crippen LogP contribution in [0, 0.1) is 46.7 Å². The number of hydrogen-bond acceptors (Lipinski definition) is 4. The Morgan fingerprint density at radius 2 is 0.903 bits per heavy atom. The molecular formula is C48H42Cl2F6N6. The first-order valence-corrected chi connectivity index (χ1v) is 21.7.